The predicted molar refractivity (Wildman–Crippen MR) is 67.0 cm³/mol. The number of carbonyl (C=O) groups excluding carboxylic acids is 1. The van der Waals surface area contributed by atoms with E-state index in [-0.39, 0.29) is 11.5 Å². The van der Waals surface area contributed by atoms with Crippen LogP contribution in [0.2, 0.25) is 0 Å². The average Bonchev–Trinajstić information content (AvgIpc) is 2.82. The van der Waals surface area contributed by atoms with E-state index in [2.05, 4.69) is 5.32 Å². The van der Waals surface area contributed by atoms with Crippen molar-refractivity contribution in [1.82, 2.24) is 4.90 Å². The molecule has 4 N–H and O–H groups in total. The van der Waals surface area contributed by atoms with E-state index in [0.717, 1.165) is 18.6 Å². The molecule has 2 rings (SSSR count). The number of nitrogens with zero attached hydrogens (tertiary/aromatic N) is 1. The van der Waals surface area contributed by atoms with Crippen LogP contribution in [0.3, 0.4) is 0 Å². The van der Waals surface area contributed by atoms with Gasteiger partial charge in [-0.15, -0.1) is 0 Å². The maximum Gasteiger partial charge on any atom is 0.322 e. The van der Waals surface area contributed by atoms with Crippen LogP contribution in [0.5, 0.6) is 0 Å². The fraction of sp³-hybridized carbons (Fsp3) is 0.333. The van der Waals surface area contributed by atoms with Crippen LogP contribution in [0.15, 0.2) is 18.2 Å². The molecule has 5 nitrogen and oxygen atoms in total. The number of amidine groups is 1. The molecule has 1 unspecified atom stereocenters. The molecular formula is C12H14F2N4O. The van der Waals surface area contributed by atoms with E-state index in [4.69, 9.17) is 11.1 Å². The molecule has 7 heteroatoms. The summed E-state index contributed by atoms with van der Waals surface area (Å²) in [6.07, 6.45) is 1.36. The molecule has 1 atom stereocenters. The Morgan fingerprint density at radius 2 is 2.21 bits per heavy atom. The minimum absolute atomic E-state index is 0.0905. The number of halogens is 2. The predicted octanol–water partition coefficient (Wildman–Crippen LogP) is 1.90. The van der Waals surface area contributed by atoms with Gasteiger partial charge >= 0.3 is 6.03 Å². The number of amides is 2. The third-order valence-electron chi connectivity index (χ3n) is 3.05. The highest BCUT2D eigenvalue weighted by Crippen LogP contribution is 2.20. The van der Waals surface area contributed by atoms with Gasteiger partial charge in [0.05, 0.1) is 11.7 Å². The summed E-state index contributed by atoms with van der Waals surface area (Å²) in [5, 5.41) is 9.76. The van der Waals surface area contributed by atoms with Crippen molar-refractivity contribution in [2.45, 2.75) is 18.9 Å². The lowest BCUT2D eigenvalue weighted by atomic mass is 10.2. The number of hydrogen-bond donors (Lipinski definition) is 3. The summed E-state index contributed by atoms with van der Waals surface area (Å²) in [7, 11) is 0. The van der Waals surface area contributed by atoms with Crippen LogP contribution >= 0.6 is 0 Å². The van der Waals surface area contributed by atoms with Gasteiger partial charge < -0.3 is 16.0 Å². The Balaban J connectivity index is 2.10. The van der Waals surface area contributed by atoms with Crippen molar-refractivity contribution in [3.63, 3.8) is 0 Å². The number of urea groups is 1. The largest absolute Gasteiger partial charge is 0.386 e. The van der Waals surface area contributed by atoms with Crippen LogP contribution in [0.25, 0.3) is 0 Å². The first-order chi connectivity index (χ1) is 8.99. The Morgan fingerprint density at radius 3 is 2.84 bits per heavy atom. The molecule has 0 radical (unpaired) electrons. The Labute approximate surface area is 108 Å². The molecule has 1 heterocycles. The third kappa shape index (κ3) is 2.81. The molecule has 1 aromatic carbocycles. The smallest absolute Gasteiger partial charge is 0.322 e. The lowest BCUT2D eigenvalue weighted by Crippen LogP contribution is -2.45. The zero-order valence-electron chi connectivity index (χ0n) is 10.1. The Morgan fingerprint density at radius 1 is 1.47 bits per heavy atom. The summed E-state index contributed by atoms with van der Waals surface area (Å²) >= 11 is 0. The first-order valence-corrected chi connectivity index (χ1v) is 5.85. The van der Waals surface area contributed by atoms with Gasteiger partial charge in [0.2, 0.25) is 0 Å². The Hall–Kier alpha value is -2.18. The first-order valence-electron chi connectivity index (χ1n) is 5.85. The molecular weight excluding hydrogens is 254 g/mol. The molecule has 1 fully saturated rings. The lowest BCUT2D eigenvalue weighted by Gasteiger charge is -2.24. The zero-order chi connectivity index (χ0) is 14.0. The van der Waals surface area contributed by atoms with Crippen LogP contribution in [-0.2, 0) is 0 Å². The summed E-state index contributed by atoms with van der Waals surface area (Å²) < 4.78 is 26.2. The fourth-order valence-corrected chi connectivity index (χ4v) is 2.11. The van der Waals surface area contributed by atoms with Crippen molar-refractivity contribution in [3.8, 4) is 0 Å². The Kier molecular flexibility index (Phi) is 3.64. The van der Waals surface area contributed by atoms with E-state index in [0.29, 0.717) is 19.0 Å². The number of nitrogens with two attached hydrogens (primary N) is 1. The SMILES string of the molecule is N=C(N)C1CCCN1C(=O)Nc1ccc(F)cc1F. The van der Waals surface area contributed by atoms with E-state index < -0.39 is 23.7 Å². The van der Waals surface area contributed by atoms with Crippen LogP contribution < -0.4 is 11.1 Å². The number of likely N-dealkylation sites (tertiary alicyclic amines) is 1. The molecule has 1 aliphatic heterocycles. The van der Waals surface area contributed by atoms with E-state index in [1.165, 1.54) is 4.90 Å². The number of benzene rings is 1. The summed E-state index contributed by atoms with van der Waals surface area (Å²) in [5.41, 5.74) is 5.31. The standard InChI is InChI=1S/C12H14F2N4O/c13-7-3-4-9(8(14)6-7)17-12(19)18-5-1-2-10(18)11(15)16/h3-4,6,10H,1-2,5H2,(H3,15,16)(H,17,19). The lowest BCUT2D eigenvalue weighted by molar-refractivity contribution is 0.216. The topological polar surface area (TPSA) is 82.2 Å². The van der Waals surface area contributed by atoms with Gasteiger partial charge in [-0.05, 0) is 25.0 Å². The van der Waals surface area contributed by atoms with Gasteiger partial charge in [0.25, 0.3) is 0 Å². The molecule has 0 spiro atoms. The quantitative estimate of drug-likeness (QED) is 0.565. The summed E-state index contributed by atoms with van der Waals surface area (Å²) in [6, 6.07) is 1.92. The van der Waals surface area contributed by atoms with Crippen molar-refractivity contribution in [2.75, 3.05) is 11.9 Å². The van der Waals surface area contributed by atoms with Gasteiger partial charge in [0.15, 0.2) is 0 Å². The van der Waals surface area contributed by atoms with Crippen molar-refractivity contribution < 1.29 is 13.6 Å². The van der Waals surface area contributed by atoms with E-state index >= 15 is 0 Å². The minimum Gasteiger partial charge on any atom is -0.386 e. The molecule has 0 aliphatic carbocycles. The first kappa shape index (κ1) is 13.3. The summed E-state index contributed by atoms with van der Waals surface area (Å²) in [4.78, 5) is 13.3. The second-order valence-electron chi connectivity index (χ2n) is 4.36. The molecule has 1 aromatic rings. The molecule has 2 amide bonds. The highest BCUT2D eigenvalue weighted by atomic mass is 19.1. The van der Waals surface area contributed by atoms with Crippen molar-refractivity contribution >= 4 is 17.6 Å². The van der Waals surface area contributed by atoms with E-state index in [9.17, 15) is 13.6 Å². The monoisotopic (exact) mass is 268 g/mol. The van der Waals surface area contributed by atoms with Crippen LogP contribution in [-0.4, -0.2) is 29.4 Å². The van der Waals surface area contributed by atoms with Crippen LogP contribution in [0.4, 0.5) is 19.3 Å². The molecule has 1 aliphatic rings. The van der Waals surface area contributed by atoms with Crippen LogP contribution in [0.1, 0.15) is 12.8 Å². The van der Waals surface area contributed by atoms with Crippen molar-refractivity contribution in [2.24, 2.45) is 5.73 Å². The maximum atomic E-state index is 13.4. The van der Waals surface area contributed by atoms with Gasteiger partial charge in [-0.2, -0.15) is 0 Å². The zero-order valence-corrected chi connectivity index (χ0v) is 10.1. The van der Waals surface area contributed by atoms with E-state index in [1.807, 2.05) is 0 Å². The highest BCUT2D eigenvalue weighted by molar-refractivity contribution is 5.94. The summed E-state index contributed by atoms with van der Waals surface area (Å²) in [6.45, 7) is 0.457. The Bertz CT molecular complexity index is 520. The number of nitrogens with one attached hydrogen (secondary N) is 2. The molecule has 1 saturated heterocycles. The minimum atomic E-state index is -0.841. The van der Waals surface area contributed by atoms with Crippen LogP contribution in [0, 0.1) is 17.0 Å². The fourth-order valence-electron chi connectivity index (χ4n) is 2.11. The van der Waals surface area contributed by atoms with E-state index in [1.54, 1.807) is 0 Å². The second kappa shape index (κ2) is 5.21. The number of anilines is 1. The van der Waals surface area contributed by atoms with Gasteiger partial charge in [0, 0.05) is 12.6 Å². The number of rotatable bonds is 2. The van der Waals surface area contributed by atoms with Gasteiger partial charge in [-0.3, -0.25) is 5.41 Å². The number of carbonyl (C=O) groups is 1. The van der Waals surface area contributed by atoms with Crippen molar-refractivity contribution in [1.29, 1.82) is 5.41 Å². The van der Waals surface area contributed by atoms with Crippen molar-refractivity contribution in [3.05, 3.63) is 29.8 Å². The summed E-state index contributed by atoms with van der Waals surface area (Å²) in [5.74, 6) is -1.64. The molecule has 0 bridgehead atoms. The normalized spacial score (nSPS) is 18.4. The van der Waals surface area contributed by atoms with Gasteiger partial charge in [-0.1, -0.05) is 0 Å². The number of hydrogen-bond acceptors (Lipinski definition) is 2. The molecule has 0 aromatic heterocycles. The van der Waals surface area contributed by atoms with Gasteiger partial charge in [0.1, 0.15) is 17.5 Å². The second-order valence-corrected chi connectivity index (χ2v) is 4.36. The van der Waals surface area contributed by atoms with Gasteiger partial charge in [-0.25, -0.2) is 13.6 Å². The maximum absolute atomic E-state index is 13.4. The highest BCUT2D eigenvalue weighted by Gasteiger charge is 2.31. The molecule has 102 valence electrons. The third-order valence-corrected chi connectivity index (χ3v) is 3.05. The molecule has 0 saturated carbocycles. The average molecular weight is 268 g/mol. The molecule has 19 heavy (non-hydrogen) atoms.